The highest BCUT2D eigenvalue weighted by Gasteiger charge is 2.13. The molecule has 2 rings (SSSR count). The van der Waals surface area contributed by atoms with E-state index in [2.05, 4.69) is 17.0 Å². The third kappa shape index (κ3) is 0.881. The van der Waals surface area contributed by atoms with E-state index in [9.17, 15) is 0 Å². The quantitative estimate of drug-likeness (QED) is 0.590. The van der Waals surface area contributed by atoms with Gasteiger partial charge in [-0.1, -0.05) is 0 Å². The van der Waals surface area contributed by atoms with Crippen LogP contribution in [0.15, 0.2) is 18.2 Å². The van der Waals surface area contributed by atoms with Crippen LogP contribution in [0.3, 0.4) is 0 Å². The molecule has 4 heteroatoms. The van der Waals surface area contributed by atoms with Crippen molar-refractivity contribution in [1.29, 1.82) is 5.26 Å². The molecule has 1 aromatic carbocycles. The largest absolute Gasteiger partial charge is 0.302 e. The highest BCUT2D eigenvalue weighted by Crippen LogP contribution is 2.28. The molecule has 4 nitrogen and oxygen atoms in total. The lowest BCUT2D eigenvalue weighted by Gasteiger charge is -2.08. The van der Waals surface area contributed by atoms with Crippen molar-refractivity contribution in [2.45, 2.75) is 0 Å². The molecule has 1 aromatic rings. The van der Waals surface area contributed by atoms with Gasteiger partial charge in [0, 0.05) is 7.05 Å². The van der Waals surface area contributed by atoms with Gasteiger partial charge in [-0.2, -0.15) is 5.26 Å². The lowest BCUT2D eigenvalue weighted by molar-refractivity contribution is 0.820. The van der Waals surface area contributed by atoms with Crippen molar-refractivity contribution >= 4 is 11.4 Å². The number of nitriles is 1. The summed E-state index contributed by atoms with van der Waals surface area (Å²) in [6.07, 6.45) is 0. The topological polar surface area (TPSA) is 51.1 Å². The van der Waals surface area contributed by atoms with E-state index in [0.717, 1.165) is 11.4 Å². The second kappa shape index (κ2) is 2.40. The smallest absolute Gasteiger partial charge is 0.0992 e. The Morgan fingerprint density at radius 1 is 1.50 bits per heavy atom. The van der Waals surface area contributed by atoms with Gasteiger partial charge in [0.05, 0.1) is 23.0 Å². The maximum atomic E-state index is 8.62. The minimum atomic E-state index is 0.665. The minimum absolute atomic E-state index is 0.665. The van der Waals surface area contributed by atoms with Crippen molar-refractivity contribution in [1.82, 2.24) is 5.53 Å². The van der Waals surface area contributed by atoms with Gasteiger partial charge >= 0.3 is 0 Å². The first-order valence-electron chi connectivity index (χ1n) is 3.61. The standard InChI is InChI=1S/C8H8N4/c1-12-8-3-2-6(5-9)4-7(8)10-11-12/h2-4,10-11H,1H3. The Labute approximate surface area is 70.3 Å². The van der Waals surface area contributed by atoms with Gasteiger partial charge in [0.25, 0.3) is 0 Å². The maximum Gasteiger partial charge on any atom is 0.0992 e. The van der Waals surface area contributed by atoms with Crippen LogP contribution in [-0.2, 0) is 0 Å². The van der Waals surface area contributed by atoms with Gasteiger partial charge in [0.15, 0.2) is 0 Å². The maximum absolute atomic E-state index is 8.62. The van der Waals surface area contributed by atoms with E-state index in [1.54, 1.807) is 6.07 Å². The van der Waals surface area contributed by atoms with Crippen LogP contribution < -0.4 is 16.0 Å². The van der Waals surface area contributed by atoms with Crippen molar-refractivity contribution in [3.05, 3.63) is 23.8 Å². The molecule has 1 heterocycles. The van der Waals surface area contributed by atoms with Crippen LogP contribution >= 0.6 is 0 Å². The molecule has 0 aromatic heterocycles. The summed E-state index contributed by atoms with van der Waals surface area (Å²) < 4.78 is 0. The zero-order valence-electron chi connectivity index (χ0n) is 6.63. The fraction of sp³-hybridized carbons (Fsp3) is 0.125. The third-order valence-corrected chi connectivity index (χ3v) is 1.85. The summed E-state index contributed by atoms with van der Waals surface area (Å²) in [4.78, 5) is 0. The van der Waals surface area contributed by atoms with E-state index in [1.165, 1.54) is 0 Å². The molecule has 0 bridgehead atoms. The molecular weight excluding hydrogens is 152 g/mol. The predicted molar refractivity (Wildman–Crippen MR) is 46.3 cm³/mol. The molecular formula is C8H8N4. The summed E-state index contributed by atoms with van der Waals surface area (Å²) in [7, 11) is 1.91. The number of nitrogens with one attached hydrogen (secondary N) is 2. The van der Waals surface area contributed by atoms with E-state index < -0.39 is 0 Å². The molecule has 0 unspecified atom stereocenters. The number of hydrazine groups is 2. The normalized spacial score (nSPS) is 13.5. The Morgan fingerprint density at radius 3 is 3.08 bits per heavy atom. The Bertz CT molecular complexity index is 353. The minimum Gasteiger partial charge on any atom is -0.302 e. The zero-order valence-corrected chi connectivity index (χ0v) is 6.63. The average Bonchev–Trinajstić information content (AvgIpc) is 2.47. The van der Waals surface area contributed by atoms with Gasteiger partial charge in [-0.15, -0.1) is 5.53 Å². The molecule has 1 aliphatic rings. The Hall–Kier alpha value is -1.73. The Kier molecular flexibility index (Phi) is 1.39. The highest BCUT2D eigenvalue weighted by atomic mass is 15.7. The second-order valence-electron chi connectivity index (χ2n) is 2.64. The van der Waals surface area contributed by atoms with Crippen LogP contribution in [0, 0.1) is 11.3 Å². The number of hydrogen-bond acceptors (Lipinski definition) is 4. The molecule has 60 valence electrons. The van der Waals surface area contributed by atoms with Gasteiger partial charge in [0.1, 0.15) is 0 Å². The first-order valence-corrected chi connectivity index (χ1v) is 3.61. The molecule has 12 heavy (non-hydrogen) atoms. The van der Waals surface area contributed by atoms with E-state index in [-0.39, 0.29) is 0 Å². The highest BCUT2D eigenvalue weighted by molar-refractivity contribution is 5.74. The van der Waals surface area contributed by atoms with Crippen LogP contribution in [0.2, 0.25) is 0 Å². The van der Waals surface area contributed by atoms with E-state index >= 15 is 0 Å². The van der Waals surface area contributed by atoms with Gasteiger partial charge in [-0.3, -0.25) is 5.01 Å². The molecule has 0 radical (unpaired) electrons. The first kappa shape index (κ1) is 6.95. The van der Waals surface area contributed by atoms with Crippen molar-refractivity contribution < 1.29 is 0 Å². The Balaban J connectivity index is 2.50. The van der Waals surface area contributed by atoms with Gasteiger partial charge in [-0.25, -0.2) is 0 Å². The van der Waals surface area contributed by atoms with Crippen molar-refractivity contribution in [2.24, 2.45) is 0 Å². The first-order chi connectivity index (χ1) is 5.81. The van der Waals surface area contributed by atoms with Gasteiger partial charge < -0.3 is 5.43 Å². The van der Waals surface area contributed by atoms with E-state index in [1.807, 2.05) is 24.2 Å². The summed E-state index contributed by atoms with van der Waals surface area (Å²) in [6.45, 7) is 0. The van der Waals surface area contributed by atoms with Crippen LogP contribution in [-0.4, -0.2) is 7.05 Å². The van der Waals surface area contributed by atoms with Gasteiger partial charge in [-0.05, 0) is 18.2 Å². The summed E-state index contributed by atoms with van der Waals surface area (Å²) in [6, 6.07) is 7.60. The molecule has 2 N–H and O–H groups in total. The molecule has 0 saturated carbocycles. The molecule has 0 fully saturated rings. The van der Waals surface area contributed by atoms with Crippen LogP contribution in [0.4, 0.5) is 11.4 Å². The molecule has 0 aliphatic carbocycles. The van der Waals surface area contributed by atoms with Crippen molar-refractivity contribution in [2.75, 3.05) is 17.5 Å². The van der Waals surface area contributed by atoms with E-state index in [4.69, 9.17) is 5.26 Å². The van der Waals surface area contributed by atoms with Crippen LogP contribution in [0.25, 0.3) is 0 Å². The average molecular weight is 160 g/mol. The van der Waals surface area contributed by atoms with Gasteiger partial charge in [0.2, 0.25) is 0 Å². The van der Waals surface area contributed by atoms with Crippen molar-refractivity contribution in [3.63, 3.8) is 0 Å². The number of rotatable bonds is 0. The zero-order chi connectivity index (χ0) is 8.55. The number of anilines is 2. The number of hydrogen-bond donors (Lipinski definition) is 2. The number of benzene rings is 1. The molecule has 1 aliphatic heterocycles. The SMILES string of the molecule is CN1NNc2cc(C#N)ccc21. The van der Waals surface area contributed by atoms with E-state index in [0.29, 0.717) is 5.56 Å². The summed E-state index contributed by atoms with van der Waals surface area (Å²) in [5.41, 5.74) is 8.52. The molecule has 0 amide bonds. The Morgan fingerprint density at radius 2 is 2.33 bits per heavy atom. The molecule has 0 saturated heterocycles. The number of nitrogens with zero attached hydrogens (tertiary/aromatic N) is 2. The number of fused-ring (bicyclic) bond motifs is 1. The van der Waals surface area contributed by atoms with Crippen molar-refractivity contribution in [3.8, 4) is 6.07 Å². The fourth-order valence-electron chi connectivity index (χ4n) is 1.20. The monoisotopic (exact) mass is 160 g/mol. The molecule has 0 spiro atoms. The summed E-state index contributed by atoms with van der Waals surface area (Å²) >= 11 is 0. The summed E-state index contributed by atoms with van der Waals surface area (Å²) in [5, 5.41) is 10.5. The second-order valence-corrected chi connectivity index (χ2v) is 2.64. The molecule has 0 atom stereocenters. The predicted octanol–water partition coefficient (Wildman–Crippen LogP) is 0.840. The van der Waals surface area contributed by atoms with Crippen LogP contribution in [0.1, 0.15) is 5.56 Å². The fourth-order valence-corrected chi connectivity index (χ4v) is 1.20. The lowest BCUT2D eigenvalue weighted by atomic mass is 10.2. The van der Waals surface area contributed by atoms with Crippen LogP contribution in [0.5, 0.6) is 0 Å². The third-order valence-electron chi connectivity index (χ3n) is 1.85. The summed E-state index contributed by atoms with van der Waals surface area (Å²) in [5.74, 6) is 0. The lowest BCUT2D eigenvalue weighted by Crippen LogP contribution is -2.31.